The van der Waals surface area contributed by atoms with E-state index in [1.165, 1.54) is 39.9 Å². The zero-order valence-electron chi connectivity index (χ0n) is 13.1. The van der Waals surface area contributed by atoms with Gasteiger partial charge in [-0.15, -0.1) is 0 Å². The lowest BCUT2D eigenvalue weighted by Crippen LogP contribution is -3.03. The van der Waals surface area contributed by atoms with Crippen LogP contribution in [0.4, 0.5) is 0 Å². The first-order chi connectivity index (χ1) is 10.7. The number of fused-ring (bicyclic) bond motifs is 1. The number of carbonyl (C=O) groups is 2. The minimum atomic E-state index is -0.226. The summed E-state index contributed by atoms with van der Waals surface area (Å²) in [7, 11) is 2.91. The molecule has 0 radical (unpaired) electrons. The topological polar surface area (TPSA) is 52.6 Å². The minimum Gasteiger partial charge on any atom is -0.469 e. The molecule has 0 aromatic heterocycles. The molecule has 2 bridgehead atoms. The summed E-state index contributed by atoms with van der Waals surface area (Å²) in [6.07, 6.45) is 5.51. The van der Waals surface area contributed by atoms with Crippen LogP contribution in [0.1, 0.15) is 25.7 Å². The van der Waals surface area contributed by atoms with Gasteiger partial charge in [0.05, 0.1) is 26.1 Å². The highest BCUT2D eigenvalue weighted by Gasteiger charge is 3.03. The lowest BCUT2D eigenvalue weighted by molar-refractivity contribution is -0.592. The predicted molar refractivity (Wildman–Crippen MR) is 75.3 cm³/mol. The van der Waals surface area contributed by atoms with Crippen molar-refractivity contribution in [1.29, 1.82) is 0 Å². The normalized spacial score (nSPS) is 63.9. The van der Waals surface area contributed by atoms with Gasteiger partial charge in [0.1, 0.15) is 0 Å². The first kappa shape index (κ1) is 12.4. The molecule has 7 aliphatic carbocycles. The van der Waals surface area contributed by atoms with Crippen LogP contribution in [0.2, 0.25) is 0 Å². The van der Waals surface area contributed by atoms with E-state index in [9.17, 15) is 9.59 Å². The molecule has 0 aliphatic heterocycles. The third kappa shape index (κ3) is 0.771. The number of hydrogen-bond donors (Lipinski definition) is 0. The van der Waals surface area contributed by atoms with Crippen LogP contribution >= 0.6 is 0 Å². The van der Waals surface area contributed by atoms with Crippen molar-refractivity contribution in [3.8, 4) is 0 Å². The second-order valence-electron chi connectivity index (χ2n) is 8.64. The molecule has 2 spiro atoms. The van der Waals surface area contributed by atoms with Gasteiger partial charge < -0.3 is 9.47 Å². The molecule has 0 aromatic carbocycles. The van der Waals surface area contributed by atoms with Gasteiger partial charge in [-0.1, -0.05) is 12.8 Å². The Morgan fingerprint density at radius 3 is 1.45 bits per heavy atom. The molecule has 0 saturated heterocycles. The van der Waals surface area contributed by atoms with Crippen LogP contribution in [-0.4, -0.2) is 26.2 Å². The van der Waals surface area contributed by atoms with Crippen LogP contribution < -0.4 is 0 Å². The first-order valence-corrected chi connectivity index (χ1v) is 8.82. The Labute approximate surface area is 129 Å². The lowest BCUT2D eigenvalue weighted by atomic mass is 8.98. The van der Waals surface area contributed by atoms with Crippen LogP contribution in [0.5, 0.6) is 0 Å². The molecule has 0 N–H and O–H groups in total. The summed E-state index contributed by atoms with van der Waals surface area (Å²) in [6.45, 7) is 0. The van der Waals surface area contributed by atoms with E-state index in [1.54, 1.807) is 0 Å². The van der Waals surface area contributed by atoms with Gasteiger partial charge in [0.15, 0.2) is 0 Å². The summed E-state index contributed by atoms with van der Waals surface area (Å²) in [4.78, 5) is 24.8. The molecule has 10 atom stereocenters. The van der Waals surface area contributed by atoms with Crippen molar-refractivity contribution in [2.24, 2.45) is 58.2 Å². The number of esters is 2. The van der Waals surface area contributed by atoms with Crippen molar-refractivity contribution in [2.75, 3.05) is 14.2 Å². The quantitative estimate of drug-likeness (QED) is 0.731. The third-order valence-corrected chi connectivity index (χ3v) is 9.27. The summed E-state index contributed by atoms with van der Waals surface area (Å²) in [5.41, 5.74) is 1.18. The average molecular weight is 302 g/mol. The van der Waals surface area contributed by atoms with E-state index in [4.69, 9.17) is 9.47 Å². The summed E-state index contributed by atoms with van der Waals surface area (Å²) in [6, 6.07) is 0. The van der Waals surface area contributed by atoms with Crippen LogP contribution in [-0.2, 0) is 19.1 Å². The Hall–Kier alpha value is -1.06. The number of hydrogen-bond acceptors (Lipinski definition) is 4. The Kier molecular flexibility index (Phi) is 1.83. The molecule has 118 valence electrons. The predicted octanol–water partition coefficient (Wildman–Crippen LogP) is 1.88. The largest absolute Gasteiger partial charge is 0.469 e. The summed E-state index contributed by atoms with van der Waals surface area (Å²) < 4.78 is 10.2. The Bertz CT molecular complexity index is 551. The fourth-order valence-electron chi connectivity index (χ4n) is 9.53. The van der Waals surface area contributed by atoms with Crippen LogP contribution in [0.15, 0.2) is 0 Å². The Balaban J connectivity index is 1.45. The van der Waals surface area contributed by atoms with Gasteiger partial charge >= 0.3 is 11.9 Å². The molecule has 0 aromatic rings. The lowest BCUT2D eigenvalue weighted by Gasteiger charge is -3.05. The van der Waals surface area contributed by atoms with Crippen molar-refractivity contribution >= 4 is 11.9 Å². The van der Waals surface area contributed by atoms with Gasteiger partial charge in [0.25, 0.3) is 0 Å². The maximum absolute atomic E-state index is 12.4. The minimum absolute atomic E-state index is 0.169. The highest BCUT2D eigenvalue weighted by molar-refractivity contribution is 5.85. The maximum Gasteiger partial charge on any atom is 0.309 e. The van der Waals surface area contributed by atoms with Crippen LogP contribution in [0.25, 0.3) is 0 Å². The van der Waals surface area contributed by atoms with E-state index in [2.05, 4.69) is 0 Å². The van der Waals surface area contributed by atoms with Crippen molar-refractivity contribution in [1.82, 2.24) is 0 Å². The molecular weight excluding hydrogens is 280 g/mol. The van der Waals surface area contributed by atoms with Gasteiger partial charge in [-0.05, 0) is 59.2 Å². The van der Waals surface area contributed by atoms with Crippen LogP contribution in [0.3, 0.4) is 0 Å². The van der Waals surface area contributed by atoms with E-state index in [0.29, 0.717) is 22.7 Å². The molecule has 0 amide bonds. The van der Waals surface area contributed by atoms with Crippen molar-refractivity contribution in [3.63, 3.8) is 0 Å². The summed E-state index contributed by atoms with van der Waals surface area (Å²) in [5, 5.41) is 0. The number of methoxy groups -OCH3 is 2. The number of ether oxygens (including phenoxy) is 2. The van der Waals surface area contributed by atoms with E-state index in [-0.39, 0.29) is 23.8 Å². The van der Waals surface area contributed by atoms with E-state index in [0.717, 1.165) is 23.7 Å². The fraction of sp³-hybridized carbons (Fsp3) is 0.889. The average Bonchev–Trinajstić information content (AvgIpc) is 2.55. The zero-order chi connectivity index (χ0) is 15.0. The molecule has 7 aliphatic rings. The Morgan fingerprint density at radius 1 is 0.773 bits per heavy atom. The monoisotopic (exact) mass is 302 g/mol. The van der Waals surface area contributed by atoms with Crippen LogP contribution in [0, 0.1) is 58.2 Å². The fourth-order valence-corrected chi connectivity index (χ4v) is 9.53. The van der Waals surface area contributed by atoms with Gasteiger partial charge in [-0.25, -0.2) is 0 Å². The summed E-state index contributed by atoms with van der Waals surface area (Å²) in [5.74, 6) is 2.92. The van der Waals surface area contributed by atoms with Gasteiger partial charge in [0.2, 0.25) is 0 Å². The molecule has 22 heavy (non-hydrogen) atoms. The van der Waals surface area contributed by atoms with E-state index < -0.39 is 0 Å². The van der Waals surface area contributed by atoms with E-state index >= 15 is 0 Å². The molecule has 0 heterocycles. The third-order valence-electron chi connectivity index (χ3n) is 9.27. The smallest absolute Gasteiger partial charge is 0.309 e. The number of carbonyl (C=O) groups excluding carboxylic acids is 2. The second-order valence-corrected chi connectivity index (χ2v) is 8.64. The van der Waals surface area contributed by atoms with Crippen molar-refractivity contribution < 1.29 is 19.1 Å². The molecule has 7 fully saturated rings. The Morgan fingerprint density at radius 2 is 1.14 bits per heavy atom. The SMILES string of the molecule is COC(=O)[C@H]1C2[C@@H]3[C@H]4C([C@@H]1C(=O)OC)[C@H]1[C@@H]2C32CCCCC412. The van der Waals surface area contributed by atoms with Crippen molar-refractivity contribution in [2.45, 2.75) is 25.7 Å². The van der Waals surface area contributed by atoms with Crippen molar-refractivity contribution in [3.05, 3.63) is 0 Å². The molecular formula is C18H22O4. The van der Waals surface area contributed by atoms with Gasteiger partial charge in [-0.2, -0.15) is 0 Å². The van der Waals surface area contributed by atoms with E-state index in [1.807, 2.05) is 0 Å². The molecule has 4 unspecified atom stereocenters. The highest BCUT2D eigenvalue weighted by Crippen LogP contribution is 3.05. The molecule has 7 rings (SSSR count). The second kappa shape index (κ2) is 3.25. The number of rotatable bonds is 2. The summed E-state index contributed by atoms with van der Waals surface area (Å²) >= 11 is 0. The molecule has 4 nitrogen and oxygen atoms in total. The standard InChI is InChI=1S/C18H22O4/c1-21-15(19)7-8(16(20)22-2)10-13-11-9(7)12-14(10)18(13)6-4-3-5-17(11,12)18/h7-14H,3-6H2,1-2H3/t7-,8-,9?,10?,11-,12-,13-,14+,17?,18?/m1/s1. The first-order valence-electron chi connectivity index (χ1n) is 8.82. The molecule has 7 saturated carbocycles. The van der Waals surface area contributed by atoms with Gasteiger partial charge in [-0.3, -0.25) is 9.59 Å². The zero-order valence-corrected chi connectivity index (χ0v) is 13.1. The molecule has 4 heteroatoms. The van der Waals surface area contributed by atoms with Gasteiger partial charge in [0, 0.05) is 0 Å². The highest BCUT2D eigenvalue weighted by atomic mass is 16.5. The maximum atomic E-state index is 12.4.